The number of para-hydroxylation sites is 1. The van der Waals surface area contributed by atoms with Crippen LogP contribution in [0.2, 0.25) is 0 Å². The lowest BCUT2D eigenvalue weighted by atomic mass is 10.1. The smallest absolute Gasteiger partial charge is 0.153 e. The van der Waals surface area contributed by atoms with Crippen molar-refractivity contribution in [2.75, 3.05) is 0 Å². The molecule has 3 aromatic rings. The maximum atomic E-state index is 11.4. The summed E-state index contributed by atoms with van der Waals surface area (Å²) in [6, 6.07) is 18.3. The topological polar surface area (TPSA) is 22.0 Å². The number of nitrogens with zero attached hydrogens (tertiary/aromatic N) is 1. The first-order valence-electron chi connectivity index (χ1n) is 10.6. The van der Waals surface area contributed by atoms with Crippen LogP contribution in [0.5, 0.6) is 0 Å². The normalized spacial score (nSPS) is 10.7. The lowest BCUT2D eigenvalue weighted by molar-refractivity contribution is 0.112. The van der Waals surface area contributed by atoms with Crippen molar-refractivity contribution in [2.24, 2.45) is 0 Å². The molecule has 0 aliphatic heterocycles. The molecule has 3 rings (SSSR count). The number of fused-ring (bicyclic) bond motifs is 1. The van der Waals surface area contributed by atoms with Gasteiger partial charge in [0.25, 0.3) is 0 Å². The van der Waals surface area contributed by atoms with Crippen LogP contribution in [-0.2, 0) is 6.54 Å². The predicted molar refractivity (Wildman–Crippen MR) is 125 cm³/mol. The minimum absolute atomic E-state index is 0.760. The first-order valence-corrected chi connectivity index (χ1v) is 11.4. The van der Waals surface area contributed by atoms with Crippen LogP contribution in [0.15, 0.2) is 59.2 Å². The lowest BCUT2D eigenvalue weighted by Gasteiger charge is -2.07. The second-order valence-electron chi connectivity index (χ2n) is 7.38. The van der Waals surface area contributed by atoms with Crippen molar-refractivity contribution < 1.29 is 4.79 Å². The van der Waals surface area contributed by atoms with E-state index in [1.54, 1.807) is 0 Å². The van der Waals surface area contributed by atoms with Gasteiger partial charge in [0.2, 0.25) is 0 Å². The molecule has 0 spiro atoms. The summed E-state index contributed by atoms with van der Waals surface area (Å²) in [4.78, 5) is 11.4. The van der Waals surface area contributed by atoms with Gasteiger partial charge in [0.1, 0.15) is 0 Å². The van der Waals surface area contributed by atoms with Gasteiger partial charge >= 0.3 is 0 Å². The van der Waals surface area contributed by atoms with Gasteiger partial charge in [-0.1, -0.05) is 80.3 Å². The van der Waals surface area contributed by atoms with Crippen molar-refractivity contribution >= 4 is 33.1 Å². The standard InChI is InChI=1S/C26H28BrNO/c27-26-24(21-29)23-18-12-13-19-25(23)28(26)20-14-7-5-3-1-2-4-6-9-15-22-16-10-8-11-17-22/h8,10-13,16-19,21H,1-7,14,20H2. The highest BCUT2D eigenvalue weighted by molar-refractivity contribution is 9.10. The molecule has 0 amide bonds. The van der Waals surface area contributed by atoms with Crippen LogP contribution in [0.3, 0.4) is 0 Å². The second kappa shape index (κ2) is 11.6. The molecule has 0 radical (unpaired) electrons. The van der Waals surface area contributed by atoms with Crippen LogP contribution in [0.4, 0.5) is 0 Å². The van der Waals surface area contributed by atoms with E-state index in [0.717, 1.165) is 52.3 Å². The Bertz CT molecular complexity index is 978. The first kappa shape index (κ1) is 21.4. The molecule has 1 aromatic heterocycles. The third-order valence-electron chi connectivity index (χ3n) is 5.25. The van der Waals surface area contributed by atoms with Crippen molar-refractivity contribution in [3.8, 4) is 11.8 Å². The van der Waals surface area contributed by atoms with Gasteiger partial charge in [-0.15, -0.1) is 0 Å². The molecule has 2 nitrogen and oxygen atoms in total. The monoisotopic (exact) mass is 449 g/mol. The van der Waals surface area contributed by atoms with Crippen LogP contribution >= 0.6 is 15.9 Å². The van der Waals surface area contributed by atoms with E-state index in [-0.39, 0.29) is 0 Å². The van der Waals surface area contributed by atoms with Gasteiger partial charge in [-0.25, -0.2) is 0 Å². The molecule has 3 heteroatoms. The Balaban J connectivity index is 1.30. The Hall–Kier alpha value is -2.31. The summed E-state index contributed by atoms with van der Waals surface area (Å²) in [5, 5.41) is 1.03. The molecular weight excluding hydrogens is 422 g/mol. The van der Waals surface area contributed by atoms with Gasteiger partial charge in [0, 0.05) is 29.4 Å². The third kappa shape index (κ3) is 6.08. The van der Waals surface area contributed by atoms with E-state index in [0.29, 0.717) is 0 Å². The summed E-state index contributed by atoms with van der Waals surface area (Å²) >= 11 is 3.61. The van der Waals surface area contributed by atoms with Crippen LogP contribution in [0.25, 0.3) is 10.9 Å². The molecule has 2 aromatic carbocycles. The highest BCUT2D eigenvalue weighted by Gasteiger charge is 2.13. The maximum absolute atomic E-state index is 11.4. The fourth-order valence-corrected chi connectivity index (χ4v) is 4.36. The zero-order valence-electron chi connectivity index (χ0n) is 16.9. The quantitative estimate of drug-likeness (QED) is 0.179. The summed E-state index contributed by atoms with van der Waals surface area (Å²) in [7, 11) is 0. The van der Waals surface area contributed by atoms with Gasteiger partial charge in [-0.05, 0) is 47.0 Å². The molecule has 0 fully saturated rings. The third-order valence-corrected chi connectivity index (χ3v) is 6.11. The Morgan fingerprint density at radius 2 is 1.48 bits per heavy atom. The van der Waals surface area contributed by atoms with Crippen molar-refractivity contribution in [1.29, 1.82) is 0 Å². The number of hydrogen-bond donors (Lipinski definition) is 0. The molecule has 0 saturated carbocycles. The highest BCUT2D eigenvalue weighted by Crippen LogP contribution is 2.29. The van der Waals surface area contributed by atoms with E-state index >= 15 is 0 Å². The Kier molecular flexibility index (Phi) is 8.58. The van der Waals surface area contributed by atoms with Gasteiger partial charge in [-0.2, -0.15) is 0 Å². The van der Waals surface area contributed by atoms with E-state index in [1.165, 1.54) is 38.5 Å². The van der Waals surface area contributed by atoms with Crippen LogP contribution in [-0.4, -0.2) is 10.9 Å². The van der Waals surface area contributed by atoms with E-state index in [9.17, 15) is 4.79 Å². The average molecular weight is 450 g/mol. The summed E-state index contributed by atoms with van der Waals surface area (Å²) in [6.07, 6.45) is 10.6. The van der Waals surface area contributed by atoms with E-state index in [1.807, 2.05) is 36.4 Å². The molecule has 0 bridgehead atoms. The fraction of sp³-hybridized carbons (Fsp3) is 0.346. The number of aryl methyl sites for hydroxylation is 1. The molecule has 0 atom stereocenters. The van der Waals surface area contributed by atoms with E-state index < -0.39 is 0 Å². The Morgan fingerprint density at radius 1 is 0.828 bits per heavy atom. The van der Waals surface area contributed by atoms with Crippen molar-refractivity contribution in [3.63, 3.8) is 0 Å². The molecule has 1 heterocycles. The second-order valence-corrected chi connectivity index (χ2v) is 8.13. The molecule has 0 saturated heterocycles. The number of benzene rings is 2. The zero-order valence-corrected chi connectivity index (χ0v) is 18.5. The number of aldehydes is 1. The van der Waals surface area contributed by atoms with Gasteiger partial charge in [-0.3, -0.25) is 4.79 Å². The van der Waals surface area contributed by atoms with Crippen molar-refractivity contribution in [1.82, 2.24) is 4.57 Å². The Morgan fingerprint density at radius 3 is 2.24 bits per heavy atom. The number of carbonyl (C=O) groups is 1. The number of carbonyl (C=O) groups excluding carboxylic acids is 1. The number of unbranched alkanes of at least 4 members (excludes halogenated alkanes) is 7. The SMILES string of the molecule is O=Cc1c(Br)n(CCCCCCCCCC#Cc2ccccc2)c2ccccc12. The summed E-state index contributed by atoms with van der Waals surface area (Å²) < 4.78 is 3.13. The van der Waals surface area contributed by atoms with Crippen LogP contribution < -0.4 is 0 Å². The molecule has 29 heavy (non-hydrogen) atoms. The van der Waals surface area contributed by atoms with Gasteiger partial charge in [0.15, 0.2) is 6.29 Å². The molecule has 150 valence electrons. The molecule has 0 aliphatic rings. The predicted octanol–water partition coefficient (Wildman–Crippen LogP) is 7.39. The number of hydrogen-bond acceptors (Lipinski definition) is 1. The van der Waals surface area contributed by atoms with E-state index in [4.69, 9.17) is 0 Å². The Labute approximate surface area is 182 Å². The zero-order chi connectivity index (χ0) is 20.3. The average Bonchev–Trinajstić information content (AvgIpc) is 3.03. The summed E-state index contributed by atoms with van der Waals surface area (Å²) in [5.74, 6) is 6.50. The molecule has 0 aliphatic carbocycles. The largest absolute Gasteiger partial charge is 0.335 e. The number of rotatable bonds is 10. The fourth-order valence-electron chi connectivity index (χ4n) is 3.68. The molecule has 0 unspecified atom stereocenters. The van der Waals surface area contributed by atoms with Gasteiger partial charge in [0.05, 0.1) is 10.2 Å². The summed E-state index contributed by atoms with van der Waals surface area (Å²) in [5.41, 5.74) is 3.00. The maximum Gasteiger partial charge on any atom is 0.153 e. The number of aromatic nitrogens is 1. The minimum Gasteiger partial charge on any atom is -0.335 e. The van der Waals surface area contributed by atoms with Crippen LogP contribution in [0.1, 0.15) is 67.3 Å². The number of halogens is 1. The van der Waals surface area contributed by atoms with Crippen molar-refractivity contribution in [2.45, 2.75) is 57.9 Å². The van der Waals surface area contributed by atoms with Crippen molar-refractivity contribution in [3.05, 3.63) is 70.3 Å². The van der Waals surface area contributed by atoms with Crippen LogP contribution in [0, 0.1) is 11.8 Å². The molecular formula is C26H28BrNO. The van der Waals surface area contributed by atoms with E-state index in [2.05, 4.69) is 50.5 Å². The van der Waals surface area contributed by atoms with Gasteiger partial charge < -0.3 is 4.57 Å². The highest BCUT2D eigenvalue weighted by atomic mass is 79.9. The first-order chi connectivity index (χ1) is 14.3. The summed E-state index contributed by atoms with van der Waals surface area (Å²) in [6.45, 7) is 0.948. The lowest BCUT2D eigenvalue weighted by Crippen LogP contribution is -1.98. The minimum atomic E-state index is 0.760. The molecule has 0 N–H and O–H groups in total.